The van der Waals surface area contributed by atoms with E-state index in [1.54, 1.807) is 16.5 Å². The molecule has 0 atom stereocenters. The highest BCUT2D eigenvalue weighted by atomic mass is 79.9. The van der Waals surface area contributed by atoms with Crippen LogP contribution in [0.4, 0.5) is 4.79 Å². The molecule has 0 N–H and O–H groups in total. The minimum atomic E-state index is -0.582. The monoisotopic (exact) mass is 797 g/mol. The van der Waals surface area contributed by atoms with Crippen LogP contribution in [0.15, 0.2) is 57.5 Å². The molecule has 6 rings (SSSR count). The Balaban J connectivity index is 0.000000199. The Morgan fingerprint density at radius 1 is 0.755 bits per heavy atom. The highest BCUT2D eigenvalue weighted by Crippen LogP contribution is 2.30. The van der Waals surface area contributed by atoms with Crippen molar-refractivity contribution >= 4 is 49.9 Å². The van der Waals surface area contributed by atoms with Gasteiger partial charge in [0.1, 0.15) is 5.60 Å². The zero-order valence-corrected chi connectivity index (χ0v) is 31.6. The first-order valence-corrected chi connectivity index (χ1v) is 18.0. The van der Waals surface area contributed by atoms with Crippen molar-refractivity contribution in [1.82, 2.24) is 24.5 Å². The Morgan fingerprint density at radius 2 is 1.27 bits per heavy atom. The highest BCUT2D eigenvalue weighted by molar-refractivity contribution is 9.10. The Labute approximate surface area is 303 Å². The molecule has 0 saturated heterocycles. The van der Waals surface area contributed by atoms with Crippen molar-refractivity contribution in [3.05, 3.63) is 91.4 Å². The number of aromatic nitrogens is 4. The van der Waals surface area contributed by atoms with Crippen LogP contribution in [0.3, 0.4) is 0 Å². The lowest BCUT2D eigenvalue weighted by molar-refractivity contribution is 0.0219. The smallest absolute Gasteiger partial charge is 0.410 e. The summed E-state index contributed by atoms with van der Waals surface area (Å²) in [5, 5.41) is 9.08. The van der Waals surface area contributed by atoms with Crippen molar-refractivity contribution in [2.24, 2.45) is 0 Å². The van der Waals surface area contributed by atoms with Gasteiger partial charge in [-0.3, -0.25) is 0 Å². The number of esters is 2. The van der Waals surface area contributed by atoms with Crippen LogP contribution in [-0.2, 0) is 40.0 Å². The SMILES string of the molecule is CCOC(=O)c1nn(-c2cccc(Br)c2)c2c1CCCC2.CCOC(=O)c1nn(-c2cccc(Br)c2)c2c1CN(C(=O)OC(C)(C)C)CC2. The highest BCUT2D eigenvalue weighted by Gasteiger charge is 2.33. The summed E-state index contributed by atoms with van der Waals surface area (Å²) in [6.45, 7) is 10.4. The number of amides is 1. The Morgan fingerprint density at radius 3 is 1.78 bits per heavy atom. The molecule has 0 spiro atoms. The molecule has 260 valence electrons. The number of halogens is 2. The number of rotatable bonds is 6. The molecule has 2 aromatic carbocycles. The number of hydrogen-bond acceptors (Lipinski definition) is 8. The first kappa shape index (κ1) is 36.3. The number of ether oxygens (including phenoxy) is 3. The lowest BCUT2D eigenvalue weighted by Gasteiger charge is -2.30. The van der Waals surface area contributed by atoms with Gasteiger partial charge in [0.2, 0.25) is 0 Å². The molecule has 3 heterocycles. The average Bonchev–Trinajstić information content (AvgIpc) is 3.64. The quantitative estimate of drug-likeness (QED) is 0.143. The minimum absolute atomic E-state index is 0.241. The molecule has 0 bridgehead atoms. The van der Waals surface area contributed by atoms with Crippen molar-refractivity contribution < 1.29 is 28.6 Å². The molecule has 0 fully saturated rings. The van der Waals surface area contributed by atoms with Crippen LogP contribution in [0.25, 0.3) is 11.4 Å². The van der Waals surface area contributed by atoms with Crippen LogP contribution in [0.5, 0.6) is 0 Å². The van der Waals surface area contributed by atoms with Gasteiger partial charge >= 0.3 is 18.0 Å². The fraction of sp³-hybridized carbons (Fsp3) is 0.417. The first-order valence-electron chi connectivity index (χ1n) is 16.5. The molecule has 11 nitrogen and oxygen atoms in total. The van der Waals surface area contributed by atoms with Gasteiger partial charge in [0, 0.05) is 38.7 Å². The zero-order valence-electron chi connectivity index (χ0n) is 28.4. The van der Waals surface area contributed by atoms with E-state index >= 15 is 0 Å². The molecule has 1 aliphatic heterocycles. The van der Waals surface area contributed by atoms with E-state index in [0.717, 1.165) is 63.0 Å². The molecule has 49 heavy (non-hydrogen) atoms. The molecular formula is C36H41Br2N5O6. The van der Waals surface area contributed by atoms with Crippen molar-refractivity contribution in [3.63, 3.8) is 0 Å². The van der Waals surface area contributed by atoms with Crippen molar-refractivity contribution in [3.8, 4) is 11.4 Å². The fourth-order valence-electron chi connectivity index (χ4n) is 5.87. The Hall–Kier alpha value is -3.97. The molecule has 2 aromatic heterocycles. The molecule has 0 unspecified atom stereocenters. The van der Waals surface area contributed by atoms with Crippen LogP contribution >= 0.6 is 31.9 Å². The predicted molar refractivity (Wildman–Crippen MR) is 191 cm³/mol. The van der Waals surface area contributed by atoms with Crippen LogP contribution in [0.2, 0.25) is 0 Å². The number of carbonyl (C=O) groups excluding carboxylic acids is 3. The maximum atomic E-state index is 12.5. The standard InChI is InChI=1S/C20H24BrN3O4.C16H17BrN2O2/c1-5-27-18(25)17-15-12-23(19(26)28-20(2,3)4)10-9-16(15)24(22-17)14-8-6-7-13(21)11-14;1-2-21-16(20)15-13-8-3-4-9-14(13)19(18-15)12-7-5-6-11(17)10-12/h6-8,11H,5,9-10,12H2,1-4H3;5-7,10H,2-4,8-9H2,1H3. The normalized spacial score (nSPS) is 13.8. The van der Waals surface area contributed by atoms with Gasteiger partial charge in [-0.05, 0) is 96.7 Å². The van der Waals surface area contributed by atoms with E-state index < -0.39 is 17.7 Å². The van der Waals surface area contributed by atoms with E-state index in [1.165, 1.54) is 0 Å². The van der Waals surface area contributed by atoms with Gasteiger partial charge < -0.3 is 19.1 Å². The summed E-state index contributed by atoms with van der Waals surface area (Å²) < 4.78 is 21.4. The number of hydrogen-bond donors (Lipinski definition) is 0. The van der Waals surface area contributed by atoms with Gasteiger partial charge in [-0.2, -0.15) is 10.2 Å². The van der Waals surface area contributed by atoms with E-state index in [4.69, 9.17) is 14.2 Å². The lowest BCUT2D eigenvalue weighted by Crippen LogP contribution is -2.40. The van der Waals surface area contributed by atoms with Crippen molar-refractivity contribution in [1.29, 1.82) is 0 Å². The summed E-state index contributed by atoms with van der Waals surface area (Å²) in [5.41, 5.74) is 5.75. The summed E-state index contributed by atoms with van der Waals surface area (Å²) in [6, 6.07) is 15.7. The van der Waals surface area contributed by atoms with Gasteiger partial charge in [-0.15, -0.1) is 0 Å². The summed E-state index contributed by atoms with van der Waals surface area (Å²) in [6.07, 6.45) is 4.25. The van der Waals surface area contributed by atoms with Gasteiger partial charge in [-0.1, -0.05) is 44.0 Å². The predicted octanol–water partition coefficient (Wildman–Crippen LogP) is 7.80. The number of benzene rings is 2. The van der Waals surface area contributed by atoms with E-state index in [2.05, 4.69) is 42.1 Å². The molecule has 13 heteroatoms. The average molecular weight is 800 g/mol. The van der Waals surface area contributed by atoms with Crippen LogP contribution in [0.1, 0.15) is 91.0 Å². The van der Waals surface area contributed by atoms with Crippen molar-refractivity contribution in [2.45, 2.75) is 78.9 Å². The van der Waals surface area contributed by atoms with Gasteiger partial charge in [0.25, 0.3) is 0 Å². The topological polar surface area (TPSA) is 118 Å². The van der Waals surface area contributed by atoms with E-state index in [1.807, 2.05) is 80.9 Å². The lowest BCUT2D eigenvalue weighted by atomic mass is 9.95. The molecule has 0 radical (unpaired) electrons. The maximum Gasteiger partial charge on any atom is 0.410 e. The van der Waals surface area contributed by atoms with E-state index in [9.17, 15) is 14.4 Å². The summed E-state index contributed by atoms with van der Waals surface area (Å²) in [7, 11) is 0. The van der Waals surface area contributed by atoms with Crippen LogP contribution in [-0.4, -0.2) is 67.9 Å². The van der Waals surface area contributed by atoms with Crippen molar-refractivity contribution in [2.75, 3.05) is 19.8 Å². The second-order valence-electron chi connectivity index (χ2n) is 12.6. The first-order chi connectivity index (χ1) is 23.4. The number of fused-ring (bicyclic) bond motifs is 2. The second kappa shape index (κ2) is 15.7. The van der Waals surface area contributed by atoms with Gasteiger partial charge in [-0.25, -0.2) is 23.7 Å². The second-order valence-corrected chi connectivity index (χ2v) is 14.5. The molecule has 1 amide bonds. The largest absolute Gasteiger partial charge is 0.461 e. The Kier molecular flexibility index (Phi) is 11.6. The van der Waals surface area contributed by atoms with Crippen LogP contribution in [0, 0.1) is 0 Å². The van der Waals surface area contributed by atoms with E-state index in [0.29, 0.717) is 30.8 Å². The summed E-state index contributed by atoms with van der Waals surface area (Å²) in [5.74, 6) is -0.803. The molecule has 4 aromatic rings. The number of carbonyl (C=O) groups is 3. The summed E-state index contributed by atoms with van der Waals surface area (Å²) in [4.78, 5) is 38.7. The molecule has 0 saturated carbocycles. The molecule has 1 aliphatic carbocycles. The third-order valence-electron chi connectivity index (χ3n) is 7.93. The third-order valence-corrected chi connectivity index (χ3v) is 8.92. The zero-order chi connectivity index (χ0) is 35.3. The maximum absolute atomic E-state index is 12.5. The van der Waals surface area contributed by atoms with Crippen LogP contribution < -0.4 is 0 Å². The fourth-order valence-corrected chi connectivity index (χ4v) is 6.64. The van der Waals surface area contributed by atoms with E-state index in [-0.39, 0.29) is 24.8 Å². The molecule has 2 aliphatic rings. The molecular weight excluding hydrogens is 758 g/mol. The number of nitrogens with zero attached hydrogens (tertiary/aromatic N) is 5. The third kappa shape index (κ3) is 8.61. The minimum Gasteiger partial charge on any atom is -0.461 e. The van der Waals surface area contributed by atoms with Gasteiger partial charge in [0.15, 0.2) is 11.4 Å². The summed E-state index contributed by atoms with van der Waals surface area (Å²) >= 11 is 6.95. The van der Waals surface area contributed by atoms with Gasteiger partial charge in [0.05, 0.1) is 36.8 Å². The Bertz CT molecular complexity index is 1840.